The van der Waals surface area contributed by atoms with Gasteiger partial charge in [0.15, 0.2) is 0 Å². The van der Waals surface area contributed by atoms with Crippen LogP contribution >= 0.6 is 0 Å². The summed E-state index contributed by atoms with van der Waals surface area (Å²) < 4.78 is 12.7. The lowest BCUT2D eigenvalue weighted by atomic mass is 10.0. The quantitative estimate of drug-likeness (QED) is 0.763. The van der Waals surface area contributed by atoms with Gasteiger partial charge in [-0.3, -0.25) is 4.79 Å². The summed E-state index contributed by atoms with van der Waals surface area (Å²) in [5.41, 5.74) is -0.223. The summed E-state index contributed by atoms with van der Waals surface area (Å²) in [5.74, 6) is -3.11. The molecule has 4 nitrogen and oxygen atoms in total. The fourth-order valence-corrected chi connectivity index (χ4v) is 1.08. The molecular weight excluding hydrogens is 191 g/mol. The highest BCUT2D eigenvalue weighted by atomic mass is 19.1. The number of carbonyl (C=O) groups is 2. The highest BCUT2D eigenvalue weighted by Crippen LogP contribution is 2.12. The zero-order chi connectivity index (χ0) is 10.7. The van der Waals surface area contributed by atoms with Crippen LogP contribution in [0.4, 0.5) is 4.39 Å². The minimum atomic E-state index is -1.26. The number of hydrogen-bond donors (Lipinski definition) is 2. The first-order chi connectivity index (χ1) is 6.50. The van der Waals surface area contributed by atoms with Crippen molar-refractivity contribution in [1.29, 1.82) is 0 Å². The van der Waals surface area contributed by atoms with E-state index in [1.54, 1.807) is 0 Å². The molecule has 1 aromatic rings. The molecular formula is C9H7FO4. The van der Waals surface area contributed by atoms with Gasteiger partial charge >= 0.3 is 11.9 Å². The van der Waals surface area contributed by atoms with Crippen molar-refractivity contribution in [1.82, 2.24) is 0 Å². The predicted molar refractivity (Wildman–Crippen MR) is 44.7 cm³/mol. The largest absolute Gasteiger partial charge is 0.481 e. The van der Waals surface area contributed by atoms with Gasteiger partial charge in [-0.1, -0.05) is 0 Å². The van der Waals surface area contributed by atoms with E-state index in [-0.39, 0.29) is 11.1 Å². The van der Waals surface area contributed by atoms with Gasteiger partial charge in [0, 0.05) is 0 Å². The molecule has 0 aromatic heterocycles. The number of hydrogen-bond acceptors (Lipinski definition) is 2. The van der Waals surface area contributed by atoms with Crippen LogP contribution < -0.4 is 0 Å². The molecule has 0 fully saturated rings. The fourth-order valence-electron chi connectivity index (χ4n) is 1.08. The lowest BCUT2D eigenvalue weighted by molar-refractivity contribution is -0.136. The molecule has 74 valence electrons. The number of halogens is 1. The maximum atomic E-state index is 12.7. The minimum Gasteiger partial charge on any atom is -0.481 e. The Kier molecular flexibility index (Phi) is 2.81. The van der Waals surface area contributed by atoms with Gasteiger partial charge in [0.2, 0.25) is 0 Å². The van der Waals surface area contributed by atoms with Crippen molar-refractivity contribution in [3.8, 4) is 0 Å². The van der Waals surface area contributed by atoms with Crippen LogP contribution in [-0.2, 0) is 11.2 Å². The first kappa shape index (κ1) is 10.2. The molecule has 0 amide bonds. The molecule has 0 aliphatic rings. The Balaban J connectivity index is 3.15. The monoisotopic (exact) mass is 198 g/mol. The van der Waals surface area contributed by atoms with E-state index in [1.807, 2.05) is 0 Å². The second-order valence-corrected chi connectivity index (χ2v) is 2.68. The van der Waals surface area contributed by atoms with Gasteiger partial charge in [-0.25, -0.2) is 9.18 Å². The average molecular weight is 198 g/mol. The maximum Gasteiger partial charge on any atom is 0.335 e. The van der Waals surface area contributed by atoms with Crippen molar-refractivity contribution in [2.75, 3.05) is 0 Å². The van der Waals surface area contributed by atoms with Crippen LogP contribution in [0.2, 0.25) is 0 Å². The molecule has 2 N–H and O–H groups in total. The van der Waals surface area contributed by atoms with Crippen LogP contribution in [-0.4, -0.2) is 22.2 Å². The molecule has 0 saturated carbocycles. The Morgan fingerprint density at radius 2 is 1.93 bits per heavy atom. The molecule has 5 heteroatoms. The van der Waals surface area contributed by atoms with E-state index >= 15 is 0 Å². The first-order valence-electron chi connectivity index (χ1n) is 3.74. The van der Waals surface area contributed by atoms with Gasteiger partial charge in [-0.15, -0.1) is 0 Å². The van der Waals surface area contributed by atoms with Crippen molar-refractivity contribution in [3.63, 3.8) is 0 Å². The highest BCUT2D eigenvalue weighted by Gasteiger charge is 2.13. The lowest BCUT2D eigenvalue weighted by Crippen LogP contribution is -2.08. The summed E-state index contributed by atoms with van der Waals surface area (Å²) in [7, 11) is 0. The van der Waals surface area contributed by atoms with E-state index in [2.05, 4.69) is 0 Å². The second-order valence-electron chi connectivity index (χ2n) is 2.68. The number of rotatable bonds is 3. The molecule has 0 atom stereocenters. The second kappa shape index (κ2) is 3.87. The topological polar surface area (TPSA) is 74.6 Å². The number of aromatic carboxylic acids is 1. The van der Waals surface area contributed by atoms with E-state index in [0.717, 1.165) is 18.2 Å². The molecule has 0 unspecified atom stereocenters. The Hall–Kier alpha value is -1.91. The Morgan fingerprint density at radius 1 is 1.29 bits per heavy atom. The number of benzene rings is 1. The number of carboxylic acid groups (broad SMARTS) is 2. The number of carboxylic acids is 2. The third-order valence-electron chi connectivity index (χ3n) is 1.64. The number of aliphatic carboxylic acids is 1. The average Bonchev–Trinajstić information content (AvgIpc) is 2.01. The van der Waals surface area contributed by atoms with E-state index in [9.17, 15) is 14.0 Å². The van der Waals surface area contributed by atoms with Crippen LogP contribution in [0.25, 0.3) is 0 Å². The molecule has 0 radical (unpaired) electrons. The zero-order valence-electron chi connectivity index (χ0n) is 7.03. The standard InChI is InChI=1S/C9H7FO4/c10-6-1-2-7(9(13)14)5(3-6)4-8(11)12/h1-3H,4H2,(H,11,12)(H,13,14). The van der Waals surface area contributed by atoms with E-state index < -0.39 is 24.2 Å². The molecule has 0 heterocycles. The molecule has 14 heavy (non-hydrogen) atoms. The van der Waals surface area contributed by atoms with Crippen LogP contribution in [0.1, 0.15) is 15.9 Å². The van der Waals surface area contributed by atoms with E-state index in [1.165, 1.54) is 0 Å². The SMILES string of the molecule is O=C(O)Cc1cc(F)ccc1C(=O)O. The van der Waals surface area contributed by atoms with Crippen LogP contribution in [0.3, 0.4) is 0 Å². The smallest absolute Gasteiger partial charge is 0.335 e. The van der Waals surface area contributed by atoms with E-state index in [0.29, 0.717) is 0 Å². The predicted octanol–water partition coefficient (Wildman–Crippen LogP) is 1.15. The lowest BCUT2D eigenvalue weighted by Gasteiger charge is -2.02. The molecule has 0 bridgehead atoms. The molecule has 0 aliphatic heterocycles. The van der Waals surface area contributed by atoms with Crippen molar-refractivity contribution in [3.05, 3.63) is 35.1 Å². The Morgan fingerprint density at radius 3 is 2.43 bits per heavy atom. The van der Waals surface area contributed by atoms with Gasteiger partial charge in [0.1, 0.15) is 5.82 Å². The van der Waals surface area contributed by atoms with E-state index in [4.69, 9.17) is 10.2 Å². The third kappa shape index (κ3) is 2.29. The van der Waals surface area contributed by atoms with Crippen LogP contribution in [0, 0.1) is 5.82 Å². The van der Waals surface area contributed by atoms with Gasteiger partial charge in [0.25, 0.3) is 0 Å². The van der Waals surface area contributed by atoms with Crippen molar-refractivity contribution < 1.29 is 24.2 Å². The van der Waals surface area contributed by atoms with Crippen LogP contribution in [0.5, 0.6) is 0 Å². The normalized spacial score (nSPS) is 9.79. The minimum absolute atomic E-state index is 0.0370. The highest BCUT2D eigenvalue weighted by molar-refractivity contribution is 5.90. The third-order valence-corrected chi connectivity index (χ3v) is 1.64. The molecule has 1 aromatic carbocycles. The van der Waals surface area contributed by atoms with Crippen molar-refractivity contribution >= 4 is 11.9 Å². The van der Waals surface area contributed by atoms with Crippen molar-refractivity contribution in [2.24, 2.45) is 0 Å². The van der Waals surface area contributed by atoms with Gasteiger partial charge in [-0.2, -0.15) is 0 Å². The maximum absolute atomic E-state index is 12.7. The Bertz CT molecular complexity index is 386. The molecule has 0 aliphatic carbocycles. The molecule has 0 spiro atoms. The van der Waals surface area contributed by atoms with Crippen molar-refractivity contribution in [2.45, 2.75) is 6.42 Å². The summed E-state index contributed by atoms with van der Waals surface area (Å²) in [6.07, 6.45) is -0.501. The van der Waals surface area contributed by atoms with Gasteiger partial charge < -0.3 is 10.2 Å². The fraction of sp³-hybridized carbons (Fsp3) is 0.111. The van der Waals surface area contributed by atoms with Gasteiger partial charge in [-0.05, 0) is 23.8 Å². The van der Waals surface area contributed by atoms with Gasteiger partial charge in [0.05, 0.1) is 12.0 Å². The summed E-state index contributed by atoms with van der Waals surface area (Å²) >= 11 is 0. The van der Waals surface area contributed by atoms with Crippen LogP contribution in [0.15, 0.2) is 18.2 Å². The summed E-state index contributed by atoms with van der Waals surface area (Å²) in [6, 6.07) is 2.95. The Labute approximate surface area is 78.6 Å². The molecule has 1 rings (SSSR count). The summed E-state index contributed by atoms with van der Waals surface area (Å²) in [5, 5.41) is 17.1. The summed E-state index contributed by atoms with van der Waals surface area (Å²) in [6.45, 7) is 0. The summed E-state index contributed by atoms with van der Waals surface area (Å²) in [4.78, 5) is 20.9. The first-order valence-corrected chi connectivity index (χ1v) is 3.74. The molecule has 0 saturated heterocycles. The zero-order valence-corrected chi connectivity index (χ0v) is 7.03.